The molecule has 0 radical (unpaired) electrons. The minimum absolute atomic E-state index is 0.158. The van der Waals surface area contributed by atoms with Gasteiger partial charge in [0.1, 0.15) is 11.6 Å². The molecule has 2 aliphatic rings. The number of hydrogen-bond acceptors (Lipinski definition) is 3. The largest absolute Gasteiger partial charge is 0.494 e. The highest BCUT2D eigenvalue weighted by atomic mass is 19.1. The number of benzene rings is 1. The molecular formula is C17H25FN2O. The molecule has 3 rings (SSSR count). The SMILES string of the molecule is CCC1CNC(C)(C2CC2)CN1c1ccc(F)cc1OC. The maximum Gasteiger partial charge on any atom is 0.145 e. The number of piperazine rings is 1. The molecule has 0 spiro atoms. The number of nitrogens with one attached hydrogen (secondary N) is 1. The van der Waals surface area contributed by atoms with Crippen LogP contribution in [0, 0.1) is 11.7 Å². The Kier molecular flexibility index (Phi) is 3.82. The molecule has 1 N–H and O–H groups in total. The Morgan fingerprint density at radius 2 is 2.19 bits per heavy atom. The lowest BCUT2D eigenvalue weighted by Crippen LogP contribution is -2.64. The van der Waals surface area contributed by atoms with Crippen LogP contribution in [0.15, 0.2) is 18.2 Å². The topological polar surface area (TPSA) is 24.5 Å². The van der Waals surface area contributed by atoms with Crippen molar-refractivity contribution in [1.82, 2.24) is 5.32 Å². The zero-order valence-electron chi connectivity index (χ0n) is 13.2. The molecule has 1 saturated carbocycles. The summed E-state index contributed by atoms with van der Waals surface area (Å²) in [5.41, 5.74) is 1.17. The second-order valence-corrected chi connectivity index (χ2v) is 6.58. The zero-order chi connectivity index (χ0) is 15.0. The van der Waals surface area contributed by atoms with E-state index in [1.54, 1.807) is 7.11 Å². The lowest BCUT2D eigenvalue weighted by atomic mass is 9.90. The van der Waals surface area contributed by atoms with E-state index in [2.05, 4.69) is 24.1 Å². The summed E-state index contributed by atoms with van der Waals surface area (Å²) in [6.07, 6.45) is 3.69. The van der Waals surface area contributed by atoms with E-state index >= 15 is 0 Å². The molecule has 2 fully saturated rings. The van der Waals surface area contributed by atoms with Gasteiger partial charge in [0.2, 0.25) is 0 Å². The third-order valence-corrected chi connectivity index (χ3v) is 5.08. The van der Waals surface area contributed by atoms with Crippen molar-refractivity contribution in [3.8, 4) is 5.75 Å². The summed E-state index contributed by atoms with van der Waals surface area (Å²) >= 11 is 0. The second kappa shape index (κ2) is 5.48. The van der Waals surface area contributed by atoms with Crippen LogP contribution in [0.25, 0.3) is 0 Å². The normalized spacial score (nSPS) is 29.5. The molecule has 3 nitrogen and oxygen atoms in total. The lowest BCUT2D eigenvalue weighted by molar-refractivity contribution is 0.251. The number of ether oxygens (including phenoxy) is 1. The zero-order valence-corrected chi connectivity index (χ0v) is 13.2. The van der Waals surface area contributed by atoms with Crippen molar-refractivity contribution in [3.05, 3.63) is 24.0 Å². The number of hydrogen-bond donors (Lipinski definition) is 1. The summed E-state index contributed by atoms with van der Waals surface area (Å²) < 4.78 is 18.9. The molecular weight excluding hydrogens is 267 g/mol. The first-order valence-electron chi connectivity index (χ1n) is 7.92. The molecule has 1 aromatic rings. The van der Waals surface area contributed by atoms with Gasteiger partial charge in [-0.3, -0.25) is 0 Å². The van der Waals surface area contributed by atoms with Crippen molar-refractivity contribution >= 4 is 5.69 Å². The number of anilines is 1. The van der Waals surface area contributed by atoms with E-state index in [0.29, 0.717) is 11.8 Å². The molecule has 1 aliphatic carbocycles. The fourth-order valence-corrected chi connectivity index (χ4v) is 3.53. The third-order valence-electron chi connectivity index (χ3n) is 5.08. The van der Waals surface area contributed by atoms with Crippen molar-refractivity contribution < 1.29 is 9.13 Å². The molecule has 2 unspecified atom stereocenters. The van der Waals surface area contributed by atoms with Gasteiger partial charge in [-0.05, 0) is 44.2 Å². The Labute approximate surface area is 126 Å². The lowest BCUT2D eigenvalue weighted by Gasteiger charge is -2.48. The highest BCUT2D eigenvalue weighted by Crippen LogP contribution is 2.43. The molecule has 4 heteroatoms. The van der Waals surface area contributed by atoms with Crippen molar-refractivity contribution in [2.24, 2.45) is 5.92 Å². The number of rotatable bonds is 4. The minimum atomic E-state index is -0.247. The monoisotopic (exact) mass is 292 g/mol. The van der Waals surface area contributed by atoms with Gasteiger partial charge in [-0.2, -0.15) is 0 Å². The van der Waals surface area contributed by atoms with Gasteiger partial charge in [-0.1, -0.05) is 6.92 Å². The first-order chi connectivity index (χ1) is 10.1. The predicted octanol–water partition coefficient (Wildman–Crippen LogP) is 3.19. The third kappa shape index (κ3) is 2.73. The van der Waals surface area contributed by atoms with Gasteiger partial charge in [0.25, 0.3) is 0 Å². The van der Waals surface area contributed by atoms with Crippen LogP contribution in [0.5, 0.6) is 5.75 Å². The van der Waals surface area contributed by atoms with Gasteiger partial charge < -0.3 is 15.0 Å². The smallest absolute Gasteiger partial charge is 0.145 e. The van der Waals surface area contributed by atoms with E-state index < -0.39 is 0 Å². The van der Waals surface area contributed by atoms with Crippen molar-refractivity contribution in [3.63, 3.8) is 0 Å². The van der Waals surface area contributed by atoms with E-state index in [-0.39, 0.29) is 11.4 Å². The summed E-state index contributed by atoms with van der Waals surface area (Å²) in [6, 6.07) is 5.30. The van der Waals surface area contributed by atoms with Crippen molar-refractivity contribution in [2.45, 2.75) is 44.7 Å². The Morgan fingerprint density at radius 3 is 2.81 bits per heavy atom. The summed E-state index contributed by atoms with van der Waals surface area (Å²) in [5.74, 6) is 1.15. The molecule has 1 heterocycles. The van der Waals surface area contributed by atoms with Crippen LogP contribution in [0.3, 0.4) is 0 Å². The summed E-state index contributed by atoms with van der Waals surface area (Å²) in [5, 5.41) is 3.75. The van der Waals surface area contributed by atoms with Crippen LogP contribution in [0.4, 0.5) is 10.1 Å². The molecule has 1 aliphatic heterocycles. The molecule has 116 valence electrons. The van der Waals surface area contributed by atoms with E-state index in [1.807, 2.05) is 6.07 Å². The molecule has 1 saturated heterocycles. The number of methoxy groups -OCH3 is 1. The van der Waals surface area contributed by atoms with Crippen molar-refractivity contribution in [2.75, 3.05) is 25.1 Å². The summed E-state index contributed by atoms with van der Waals surface area (Å²) in [6.45, 7) is 6.46. The van der Waals surface area contributed by atoms with Crippen LogP contribution in [0.1, 0.15) is 33.1 Å². The Morgan fingerprint density at radius 1 is 1.43 bits per heavy atom. The minimum Gasteiger partial charge on any atom is -0.494 e. The quantitative estimate of drug-likeness (QED) is 0.922. The maximum absolute atomic E-state index is 13.5. The summed E-state index contributed by atoms with van der Waals surface area (Å²) in [4.78, 5) is 2.41. The van der Waals surface area contributed by atoms with Crippen LogP contribution < -0.4 is 15.0 Å². The Balaban J connectivity index is 1.92. The van der Waals surface area contributed by atoms with E-state index in [0.717, 1.165) is 31.1 Å². The Bertz CT molecular complexity index is 518. The second-order valence-electron chi connectivity index (χ2n) is 6.58. The molecule has 21 heavy (non-hydrogen) atoms. The van der Waals surface area contributed by atoms with Gasteiger partial charge in [0, 0.05) is 30.7 Å². The van der Waals surface area contributed by atoms with E-state index in [1.165, 1.54) is 25.0 Å². The average molecular weight is 292 g/mol. The van der Waals surface area contributed by atoms with Crippen LogP contribution in [0.2, 0.25) is 0 Å². The number of halogens is 1. The molecule has 0 aromatic heterocycles. The molecule has 0 bridgehead atoms. The first kappa shape index (κ1) is 14.6. The van der Waals surface area contributed by atoms with Crippen LogP contribution >= 0.6 is 0 Å². The molecule has 1 aromatic carbocycles. The summed E-state index contributed by atoms with van der Waals surface area (Å²) in [7, 11) is 1.61. The van der Waals surface area contributed by atoms with Gasteiger partial charge in [0.15, 0.2) is 0 Å². The Hall–Kier alpha value is -1.29. The highest BCUT2D eigenvalue weighted by Gasteiger charge is 2.46. The van der Waals surface area contributed by atoms with E-state index in [4.69, 9.17) is 4.74 Å². The van der Waals surface area contributed by atoms with Gasteiger partial charge in [-0.25, -0.2) is 4.39 Å². The first-order valence-corrected chi connectivity index (χ1v) is 7.92. The van der Waals surface area contributed by atoms with Gasteiger partial charge >= 0.3 is 0 Å². The molecule has 0 amide bonds. The number of nitrogens with zero attached hydrogens (tertiary/aromatic N) is 1. The predicted molar refractivity (Wildman–Crippen MR) is 83.5 cm³/mol. The fraction of sp³-hybridized carbons (Fsp3) is 0.647. The fourth-order valence-electron chi connectivity index (χ4n) is 3.53. The van der Waals surface area contributed by atoms with Crippen LogP contribution in [-0.2, 0) is 0 Å². The average Bonchev–Trinajstić information content (AvgIpc) is 3.32. The van der Waals surface area contributed by atoms with Gasteiger partial charge in [0.05, 0.1) is 12.8 Å². The highest BCUT2D eigenvalue weighted by molar-refractivity contribution is 5.60. The standard InChI is InChI=1S/C17H25FN2O/c1-4-14-10-19-17(2,12-5-6-12)11-20(14)15-8-7-13(18)9-16(15)21-3/h7-9,12,14,19H,4-6,10-11H2,1-3H3. The molecule has 2 atom stereocenters. The van der Waals surface area contributed by atoms with Crippen molar-refractivity contribution in [1.29, 1.82) is 0 Å². The maximum atomic E-state index is 13.5. The van der Waals surface area contributed by atoms with Gasteiger partial charge in [-0.15, -0.1) is 0 Å². The van der Waals surface area contributed by atoms with Crippen LogP contribution in [-0.4, -0.2) is 31.8 Å². The van der Waals surface area contributed by atoms with E-state index in [9.17, 15) is 4.39 Å².